The molecule has 1 aliphatic rings. The highest BCUT2D eigenvalue weighted by atomic mass is 79.9. The van der Waals surface area contributed by atoms with Crippen LogP contribution in [0.5, 0.6) is 0 Å². The number of benzene rings is 1. The van der Waals surface area contributed by atoms with Crippen LogP contribution in [-0.2, 0) is 0 Å². The molecule has 108 valence electrons. The van der Waals surface area contributed by atoms with Crippen molar-refractivity contribution in [2.45, 2.75) is 25.3 Å². The summed E-state index contributed by atoms with van der Waals surface area (Å²) >= 11 is 3.26. The molecule has 2 N–H and O–H groups in total. The van der Waals surface area contributed by atoms with Gasteiger partial charge in [-0.3, -0.25) is 14.9 Å². The molecule has 0 saturated carbocycles. The molecule has 0 bridgehead atoms. The fraction of sp³-hybridized carbons (Fsp3) is 0.462. The second-order valence-corrected chi connectivity index (χ2v) is 5.65. The lowest BCUT2D eigenvalue weighted by atomic mass is 10.1. The molecule has 0 aliphatic carbocycles. The molecule has 0 radical (unpaired) electrons. The summed E-state index contributed by atoms with van der Waals surface area (Å²) in [5.41, 5.74) is 0.209. The second-order valence-electron chi connectivity index (χ2n) is 4.79. The van der Waals surface area contributed by atoms with Crippen LogP contribution in [0.1, 0.15) is 29.6 Å². The lowest BCUT2D eigenvalue weighted by molar-refractivity contribution is -0.384. The number of nitro benzene ring substituents is 1. The number of carbonyl (C=O) groups excluding carboxylic acids is 1. The maximum atomic E-state index is 12.2. The first-order valence-corrected chi connectivity index (χ1v) is 7.33. The average Bonchev–Trinajstić information content (AvgIpc) is 2.67. The summed E-state index contributed by atoms with van der Waals surface area (Å²) in [6, 6.07) is 4.26. The molecule has 20 heavy (non-hydrogen) atoms. The summed E-state index contributed by atoms with van der Waals surface area (Å²) in [5.74, 6) is -0.283. The summed E-state index contributed by atoms with van der Waals surface area (Å²) in [6.45, 7) is 1.70. The van der Waals surface area contributed by atoms with E-state index in [9.17, 15) is 14.9 Å². The van der Waals surface area contributed by atoms with Crippen LogP contribution < -0.4 is 10.6 Å². The van der Waals surface area contributed by atoms with Crippen molar-refractivity contribution < 1.29 is 9.72 Å². The molecule has 1 unspecified atom stereocenters. The van der Waals surface area contributed by atoms with Gasteiger partial charge in [0.25, 0.3) is 11.6 Å². The van der Waals surface area contributed by atoms with E-state index in [1.54, 1.807) is 0 Å². The minimum atomic E-state index is -0.504. The monoisotopic (exact) mass is 341 g/mol. The quantitative estimate of drug-likeness (QED) is 0.652. The first-order valence-electron chi connectivity index (χ1n) is 6.53. The fourth-order valence-corrected chi connectivity index (χ4v) is 2.63. The van der Waals surface area contributed by atoms with E-state index in [4.69, 9.17) is 0 Å². The van der Waals surface area contributed by atoms with Crippen LogP contribution in [0.3, 0.4) is 0 Å². The third-order valence-electron chi connectivity index (χ3n) is 3.29. The molecule has 0 spiro atoms. The van der Waals surface area contributed by atoms with Crippen molar-refractivity contribution >= 4 is 27.5 Å². The van der Waals surface area contributed by atoms with E-state index in [0.29, 0.717) is 10.0 Å². The number of nitro groups is 1. The van der Waals surface area contributed by atoms with Gasteiger partial charge in [0.15, 0.2) is 0 Å². The summed E-state index contributed by atoms with van der Waals surface area (Å²) in [4.78, 5) is 22.5. The molecule has 1 amide bonds. The number of amides is 1. The molecular formula is C13H16BrN3O3. The number of rotatable bonds is 3. The van der Waals surface area contributed by atoms with Crippen molar-refractivity contribution in [3.63, 3.8) is 0 Å². The number of hydrogen-bond acceptors (Lipinski definition) is 4. The zero-order chi connectivity index (χ0) is 14.5. The lowest BCUT2D eigenvalue weighted by Gasteiger charge is -2.16. The minimum absolute atomic E-state index is 0.0659. The number of carbonyl (C=O) groups is 1. The topological polar surface area (TPSA) is 84.3 Å². The molecule has 1 fully saturated rings. The molecular weight excluding hydrogens is 326 g/mol. The summed E-state index contributed by atoms with van der Waals surface area (Å²) in [7, 11) is 0. The van der Waals surface area contributed by atoms with E-state index in [1.165, 1.54) is 18.2 Å². The van der Waals surface area contributed by atoms with Crippen LogP contribution in [0.15, 0.2) is 22.7 Å². The molecule has 1 aliphatic heterocycles. The molecule has 6 nitrogen and oxygen atoms in total. The van der Waals surface area contributed by atoms with Crippen LogP contribution in [0.25, 0.3) is 0 Å². The predicted octanol–water partition coefficient (Wildman–Crippen LogP) is 2.23. The Balaban J connectivity index is 2.11. The Morgan fingerprint density at radius 1 is 1.45 bits per heavy atom. The summed E-state index contributed by atoms with van der Waals surface area (Å²) in [6.07, 6.45) is 3.09. The SMILES string of the molecule is O=C(NC1CCCCNC1)c1cc([N+](=O)[O-])ccc1Br. The van der Waals surface area contributed by atoms with Gasteiger partial charge in [-0.05, 0) is 41.4 Å². The maximum Gasteiger partial charge on any atom is 0.270 e. The van der Waals surface area contributed by atoms with Crippen molar-refractivity contribution in [3.8, 4) is 0 Å². The van der Waals surface area contributed by atoms with Gasteiger partial charge in [-0.1, -0.05) is 6.42 Å². The van der Waals surface area contributed by atoms with E-state index in [0.717, 1.165) is 32.4 Å². The zero-order valence-corrected chi connectivity index (χ0v) is 12.5. The standard InChI is InChI=1S/C13H16BrN3O3/c14-12-5-4-10(17(19)20)7-11(12)13(18)16-9-3-1-2-6-15-8-9/h4-5,7,9,15H,1-3,6,8H2,(H,16,18). The van der Waals surface area contributed by atoms with Gasteiger partial charge in [-0.15, -0.1) is 0 Å². The Kier molecular flexibility index (Phi) is 5.08. The Morgan fingerprint density at radius 3 is 3.00 bits per heavy atom. The van der Waals surface area contributed by atoms with E-state index in [1.807, 2.05) is 0 Å². The van der Waals surface area contributed by atoms with Crippen LogP contribution >= 0.6 is 15.9 Å². The van der Waals surface area contributed by atoms with Crippen LogP contribution in [0.2, 0.25) is 0 Å². The van der Waals surface area contributed by atoms with Crippen molar-refractivity contribution in [2.24, 2.45) is 0 Å². The van der Waals surface area contributed by atoms with Gasteiger partial charge in [0.2, 0.25) is 0 Å². The minimum Gasteiger partial charge on any atom is -0.348 e. The molecule has 0 aromatic heterocycles. The van der Waals surface area contributed by atoms with Gasteiger partial charge in [0.05, 0.1) is 10.5 Å². The molecule has 1 heterocycles. The first-order chi connectivity index (χ1) is 9.58. The molecule has 1 atom stereocenters. The van der Waals surface area contributed by atoms with Gasteiger partial charge in [0.1, 0.15) is 0 Å². The number of nitrogens with zero attached hydrogens (tertiary/aromatic N) is 1. The molecule has 1 aromatic rings. The Hall–Kier alpha value is -1.47. The van der Waals surface area contributed by atoms with Gasteiger partial charge < -0.3 is 10.6 Å². The van der Waals surface area contributed by atoms with Gasteiger partial charge in [-0.2, -0.15) is 0 Å². The fourth-order valence-electron chi connectivity index (χ4n) is 2.21. The number of halogens is 1. The molecule has 7 heteroatoms. The zero-order valence-electron chi connectivity index (χ0n) is 10.9. The summed E-state index contributed by atoms with van der Waals surface area (Å²) < 4.78 is 0.558. The summed E-state index contributed by atoms with van der Waals surface area (Å²) in [5, 5.41) is 17.0. The Bertz CT molecular complexity index is 514. The van der Waals surface area contributed by atoms with E-state index < -0.39 is 4.92 Å². The maximum absolute atomic E-state index is 12.2. The average molecular weight is 342 g/mol. The van der Waals surface area contributed by atoms with E-state index in [-0.39, 0.29) is 17.6 Å². The van der Waals surface area contributed by atoms with Crippen molar-refractivity contribution in [2.75, 3.05) is 13.1 Å². The Labute approximate surface area is 125 Å². The number of nitrogens with one attached hydrogen (secondary N) is 2. The highest BCUT2D eigenvalue weighted by Gasteiger charge is 2.19. The van der Waals surface area contributed by atoms with Crippen LogP contribution in [0.4, 0.5) is 5.69 Å². The molecule has 1 saturated heterocycles. The van der Waals surface area contributed by atoms with E-state index in [2.05, 4.69) is 26.6 Å². The smallest absolute Gasteiger partial charge is 0.270 e. The molecule has 2 rings (SSSR count). The van der Waals surface area contributed by atoms with Crippen molar-refractivity contribution in [1.82, 2.24) is 10.6 Å². The van der Waals surface area contributed by atoms with Crippen LogP contribution in [0, 0.1) is 10.1 Å². The van der Waals surface area contributed by atoms with Crippen LogP contribution in [-0.4, -0.2) is 30.0 Å². The third-order valence-corrected chi connectivity index (χ3v) is 3.98. The van der Waals surface area contributed by atoms with Crippen molar-refractivity contribution in [1.29, 1.82) is 0 Å². The normalized spacial score (nSPS) is 19.1. The number of hydrogen-bond donors (Lipinski definition) is 2. The lowest BCUT2D eigenvalue weighted by Crippen LogP contribution is -2.40. The van der Waals surface area contributed by atoms with E-state index >= 15 is 0 Å². The van der Waals surface area contributed by atoms with Gasteiger partial charge >= 0.3 is 0 Å². The second kappa shape index (κ2) is 6.81. The first kappa shape index (κ1) is 14.9. The molecule has 1 aromatic carbocycles. The largest absolute Gasteiger partial charge is 0.348 e. The number of non-ortho nitro benzene ring substituents is 1. The highest BCUT2D eigenvalue weighted by Crippen LogP contribution is 2.22. The van der Waals surface area contributed by atoms with Gasteiger partial charge in [-0.25, -0.2) is 0 Å². The predicted molar refractivity (Wildman–Crippen MR) is 78.8 cm³/mol. The Morgan fingerprint density at radius 2 is 2.25 bits per heavy atom. The van der Waals surface area contributed by atoms with Gasteiger partial charge in [0, 0.05) is 29.2 Å². The van der Waals surface area contributed by atoms with Crippen molar-refractivity contribution in [3.05, 3.63) is 38.3 Å². The highest BCUT2D eigenvalue weighted by molar-refractivity contribution is 9.10. The third kappa shape index (κ3) is 3.77.